The molecule has 1 N–H and O–H groups in total. The molecule has 2 aromatic carbocycles. The zero-order valence-electron chi connectivity index (χ0n) is 14.0. The first-order valence-corrected chi connectivity index (χ1v) is 9.22. The number of halogens is 1. The molecule has 0 aliphatic heterocycles. The zero-order chi connectivity index (χ0) is 17.9. The fourth-order valence-electron chi connectivity index (χ4n) is 3.02. The van der Waals surface area contributed by atoms with Gasteiger partial charge in [-0.15, -0.1) is 11.3 Å². The Balaban J connectivity index is 1.60. The molecule has 0 unspecified atom stereocenters. The number of thiophene rings is 1. The normalized spacial score (nSPS) is 11.0. The maximum Gasteiger partial charge on any atom is 0.268 e. The minimum atomic E-state index is -0.301. The molecule has 2 heterocycles. The zero-order valence-corrected chi connectivity index (χ0v) is 14.8. The van der Waals surface area contributed by atoms with Crippen LogP contribution in [0.2, 0.25) is 0 Å². The Morgan fingerprint density at radius 3 is 2.62 bits per heavy atom. The third kappa shape index (κ3) is 3.39. The largest absolute Gasteiger partial charge is 0.347 e. The number of hydrogen-bond donors (Lipinski definition) is 1. The number of carbonyl (C=O) groups is 1. The van der Waals surface area contributed by atoms with E-state index in [0.29, 0.717) is 18.8 Å². The molecule has 0 aliphatic carbocycles. The molecule has 0 spiro atoms. The molecular formula is C21H17FN2OS. The second kappa shape index (κ2) is 7.14. The second-order valence-electron chi connectivity index (χ2n) is 6.08. The Bertz CT molecular complexity index is 1050. The molecule has 4 aromatic rings. The molecule has 1 amide bonds. The van der Waals surface area contributed by atoms with Crippen molar-refractivity contribution in [3.63, 3.8) is 0 Å². The van der Waals surface area contributed by atoms with Crippen LogP contribution >= 0.6 is 11.3 Å². The summed E-state index contributed by atoms with van der Waals surface area (Å²) in [5.74, 6) is -0.460. The van der Waals surface area contributed by atoms with E-state index in [1.54, 1.807) is 23.5 Å². The predicted octanol–water partition coefficient (Wildman–Crippen LogP) is 4.82. The van der Waals surface area contributed by atoms with Crippen LogP contribution in [0.1, 0.15) is 21.6 Å². The molecule has 0 aliphatic rings. The number of amides is 1. The van der Waals surface area contributed by atoms with Crippen LogP contribution in [0.15, 0.2) is 72.1 Å². The van der Waals surface area contributed by atoms with Crippen molar-refractivity contribution >= 4 is 27.5 Å². The van der Waals surface area contributed by atoms with Crippen molar-refractivity contribution in [1.82, 2.24) is 9.88 Å². The smallest absolute Gasteiger partial charge is 0.268 e. The van der Waals surface area contributed by atoms with Crippen LogP contribution < -0.4 is 5.32 Å². The van der Waals surface area contributed by atoms with Gasteiger partial charge in [0, 0.05) is 13.1 Å². The molecule has 0 fully saturated rings. The van der Waals surface area contributed by atoms with E-state index in [2.05, 4.69) is 5.32 Å². The highest BCUT2D eigenvalue weighted by molar-refractivity contribution is 7.17. The molecule has 4 rings (SSSR count). The Hall–Kier alpha value is -2.92. The summed E-state index contributed by atoms with van der Waals surface area (Å²) >= 11 is 1.62. The quantitative estimate of drug-likeness (QED) is 0.541. The lowest BCUT2D eigenvalue weighted by atomic mass is 10.2. The number of fused-ring (bicyclic) bond motifs is 1. The van der Waals surface area contributed by atoms with Gasteiger partial charge in [0.05, 0.1) is 10.2 Å². The molecule has 26 heavy (non-hydrogen) atoms. The van der Waals surface area contributed by atoms with Gasteiger partial charge in [0.15, 0.2) is 0 Å². The molecular weight excluding hydrogens is 347 g/mol. The SMILES string of the molecule is O=C(NCc1cccc(F)c1)c1cc2sccc2n1Cc1ccccc1. The highest BCUT2D eigenvalue weighted by Gasteiger charge is 2.16. The van der Waals surface area contributed by atoms with Gasteiger partial charge in [0.1, 0.15) is 11.5 Å². The molecule has 0 radical (unpaired) electrons. The molecule has 3 nitrogen and oxygen atoms in total. The summed E-state index contributed by atoms with van der Waals surface area (Å²) < 4.78 is 16.4. The van der Waals surface area contributed by atoms with Crippen molar-refractivity contribution in [2.45, 2.75) is 13.1 Å². The fraction of sp³-hybridized carbons (Fsp3) is 0.0952. The van der Waals surface area contributed by atoms with E-state index in [1.807, 2.05) is 52.4 Å². The summed E-state index contributed by atoms with van der Waals surface area (Å²) in [5, 5.41) is 4.93. The molecule has 130 valence electrons. The number of carbonyl (C=O) groups excluding carboxylic acids is 1. The summed E-state index contributed by atoms with van der Waals surface area (Å²) in [4.78, 5) is 12.8. The highest BCUT2D eigenvalue weighted by Crippen LogP contribution is 2.26. The average Bonchev–Trinajstić information content (AvgIpc) is 3.23. The van der Waals surface area contributed by atoms with Gasteiger partial charge in [-0.3, -0.25) is 4.79 Å². The Kier molecular flexibility index (Phi) is 4.54. The van der Waals surface area contributed by atoms with Crippen LogP contribution in [0, 0.1) is 5.82 Å². The minimum Gasteiger partial charge on any atom is -0.347 e. The summed E-state index contributed by atoms with van der Waals surface area (Å²) in [7, 11) is 0. The number of nitrogens with zero attached hydrogens (tertiary/aromatic N) is 1. The van der Waals surface area contributed by atoms with Gasteiger partial charge in [-0.2, -0.15) is 0 Å². The van der Waals surface area contributed by atoms with E-state index in [4.69, 9.17) is 0 Å². The van der Waals surface area contributed by atoms with Gasteiger partial charge in [0.2, 0.25) is 0 Å². The van der Waals surface area contributed by atoms with Crippen molar-refractivity contribution in [3.05, 3.63) is 94.7 Å². The lowest BCUT2D eigenvalue weighted by Crippen LogP contribution is -2.25. The number of rotatable bonds is 5. The maximum absolute atomic E-state index is 13.3. The number of benzene rings is 2. The van der Waals surface area contributed by atoms with Crippen molar-refractivity contribution in [1.29, 1.82) is 0 Å². The predicted molar refractivity (Wildman–Crippen MR) is 103 cm³/mol. The Morgan fingerprint density at radius 2 is 1.81 bits per heavy atom. The van der Waals surface area contributed by atoms with Crippen molar-refractivity contribution in [2.75, 3.05) is 0 Å². The molecule has 0 bridgehead atoms. The van der Waals surface area contributed by atoms with Crippen LogP contribution in [0.3, 0.4) is 0 Å². The summed E-state index contributed by atoms with van der Waals surface area (Å²) in [5.41, 5.74) is 3.54. The first-order valence-electron chi connectivity index (χ1n) is 8.34. The summed E-state index contributed by atoms with van der Waals surface area (Å²) in [6.45, 7) is 0.921. The van der Waals surface area contributed by atoms with Crippen LogP contribution in [-0.4, -0.2) is 10.5 Å². The number of nitrogens with one attached hydrogen (secondary N) is 1. The van der Waals surface area contributed by atoms with Gasteiger partial charge >= 0.3 is 0 Å². The van der Waals surface area contributed by atoms with Crippen molar-refractivity contribution < 1.29 is 9.18 Å². The van der Waals surface area contributed by atoms with E-state index in [-0.39, 0.29) is 11.7 Å². The second-order valence-corrected chi connectivity index (χ2v) is 7.03. The van der Waals surface area contributed by atoms with E-state index >= 15 is 0 Å². The van der Waals surface area contributed by atoms with Crippen LogP contribution in [0.4, 0.5) is 4.39 Å². The standard InChI is InChI=1S/C21H17FN2OS/c22-17-8-4-7-16(11-17)13-23-21(25)19-12-20-18(9-10-26-20)24(19)14-15-5-2-1-3-6-15/h1-12H,13-14H2,(H,23,25). The van der Waals surface area contributed by atoms with Crippen molar-refractivity contribution in [3.8, 4) is 0 Å². The van der Waals surface area contributed by atoms with Gasteiger partial charge in [-0.05, 0) is 40.8 Å². The van der Waals surface area contributed by atoms with E-state index in [0.717, 1.165) is 21.3 Å². The van der Waals surface area contributed by atoms with Gasteiger partial charge in [-0.1, -0.05) is 42.5 Å². The van der Waals surface area contributed by atoms with Gasteiger partial charge in [-0.25, -0.2) is 4.39 Å². The lowest BCUT2D eigenvalue weighted by molar-refractivity contribution is 0.0942. The fourth-order valence-corrected chi connectivity index (χ4v) is 3.84. The van der Waals surface area contributed by atoms with Gasteiger partial charge < -0.3 is 9.88 Å². The topological polar surface area (TPSA) is 34.0 Å². The van der Waals surface area contributed by atoms with Crippen molar-refractivity contribution in [2.24, 2.45) is 0 Å². The Morgan fingerprint density at radius 1 is 1.00 bits per heavy atom. The number of aromatic nitrogens is 1. The third-order valence-electron chi connectivity index (χ3n) is 4.28. The third-order valence-corrected chi connectivity index (χ3v) is 5.13. The van der Waals surface area contributed by atoms with Gasteiger partial charge in [0.25, 0.3) is 5.91 Å². The van der Waals surface area contributed by atoms with E-state index in [9.17, 15) is 9.18 Å². The average molecular weight is 364 g/mol. The summed E-state index contributed by atoms with van der Waals surface area (Å²) in [6, 6.07) is 20.3. The van der Waals surface area contributed by atoms with E-state index < -0.39 is 0 Å². The van der Waals surface area contributed by atoms with E-state index in [1.165, 1.54) is 12.1 Å². The maximum atomic E-state index is 13.3. The first-order chi connectivity index (χ1) is 12.7. The lowest BCUT2D eigenvalue weighted by Gasteiger charge is -2.11. The molecule has 0 atom stereocenters. The minimum absolute atomic E-state index is 0.159. The highest BCUT2D eigenvalue weighted by atomic mass is 32.1. The van der Waals surface area contributed by atoms with Crippen LogP contribution in [0.5, 0.6) is 0 Å². The molecule has 5 heteroatoms. The number of hydrogen-bond acceptors (Lipinski definition) is 2. The van der Waals surface area contributed by atoms with Crippen LogP contribution in [0.25, 0.3) is 10.2 Å². The molecule has 2 aromatic heterocycles. The molecule has 0 saturated heterocycles. The van der Waals surface area contributed by atoms with Crippen LogP contribution in [-0.2, 0) is 13.1 Å². The first kappa shape index (κ1) is 16.5. The molecule has 0 saturated carbocycles. The Labute approximate surface area is 154 Å². The monoisotopic (exact) mass is 364 g/mol. The summed E-state index contributed by atoms with van der Waals surface area (Å²) in [6.07, 6.45) is 0.